The first-order valence-corrected chi connectivity index (χ1v) is 10.4. The molecule has 1 aromatic heterocycles. The van der Waals surface area contributed by atoms with Gasteiger partial charge in [0, 0.05) is 37.1 Å². The molecule has 1 aliphatic heterocycles. The fraction of sp³-hybridized carbons (Fsp3) is 0.375. The molecule has 1 amide bonds. The summed E-state index contributed by atoms with van der Waals surface area (Å²) in [5.41, 5.74) is 1.71. The highest BCUT2D eigenvalue weighted by molar-refractivity contribution is 5.98. The minimum absolute atomic E-state index is 0.0184. The summed E-state index contributed by atoms with van der Waals surface area (Å²) in [7, 11) is 1.96. The van der Waals surface area contributed by atoms with Crippen LogP contribution in [0.2, 0.25) is 0 Å². The van der Waals surface area contributed by atoms with Crippen LogP contribution in [-0.4, -0.2) is 58.1 Å². The zero-order chi connectivity index (χ0) is 21.1. The molecule has 4 rings (SSSR count). The van der Waals surface area contributed by atoms with Crippen LogP contribution in [0.25, 0.3) is 10.9 Å². The number of aliphatic hydroxyl groups is 1. The number of amides is 1. The lowest BCUT2D eigenvalue weighted by atomic mass is 9.94. The number of para-hydroxylation sites is 1. The monoisotopic (exact) mass is 409 g/mol. The second-order valence-electron chi connectivity index (χ2n) is 8.44. The zero-order valence-electron chi connectivity index (χ0n) is 17.3. The van der Waals surface area contributed by atoms with Gasteiger partial charge in [-0.15, -0.1) is 0 Å². The van der Waals surface area contributed by atoms with Crippen LogP contribution in [0.3, 0.4) is 0 Å². The Labute approximate surface area is 176 Å². The van der Waals surface area contributed by atoms with E-state index in [-0.39, 0.29) is 11.7 Å². The molecule has 0 bridgehead atoms. The fourth-order valence-electron chi connectivity index (χ4n) is 4.36. The molecule has 1 atom stereocenters. The van der Waals surface area contributed by atoms with Crippen LogP contribution >= 0.6 is 0 Å². The number of hydrogen-bond donors (Lipinski definition) is 2. The van der Waals surface area contributed by atoms with Gasteiger partial charge in [0.1, 0.15) is 11.5 Å². The molecule has 0 unspecified atom stereocenters. The minimum atomic E-state index is -0.843. The average molecular weight is 410 g/mol. The van der Waals surface area contributed by atoms with E-state index in [2.05, 4.69) is 9.88 Å². The van der Waals surface area contributed by atoms with Crippen molar-refractivity contribution in [1.82, 2.24) is 14.8 Å². The summed E-state index contributed by atoms with van der Waals surface area (Å²) in [6.45, 7) is 2.31. The lowest BCUT2D eigenvalue weighted by Crippen LogP contribution is -2.42. The lowest BCUT2D eigenvalue weighted by molar-refractivity contribution is -0.00402. The second kappa shape index (κ2) is 8.58. The third-order valence-electron chi connectivity index (χ3n) is 5.89. The molecule has 0 saturated carbocycles. The van der Waals surface area contributed by atoms with E-state index in [0.29, 0.717) is 44.7 Å². The number of fused-ring (bicyclic) bond motifs is 1. The average Bonchev–Trinajstić information content (AvgIpc) is 3.06. The first kappa shape index (κ1) is 20.6. The van der Waals surface area contributed by atoms with Crippen molar-refractivity contribution in [3.8, 4) is 0 Å². The molecular formula is C24H28FN3O2. The van der Waals surface area contributed by atoms with Crippen molar-refractivity contribution in [3.63, 3.8) is 0 Å². The Morgan fingerprint density at radius 3 is 2.70 bits per heavy atom. The first-order chi connectivity index (χ1) is 14.4. The Kier molecular flexibility index (Phi) is 5.88. The van der Waals surface area contributed by atoms with Crippen molar-refractivity contribution in [2.45, 2.75) is 31.4 Å². The normalized spacial score (nSPS) is 19.9. The summed E-state index contributed by atoms with van der Waals surface area (Å²) in [5, 5.41) is 12.2. The molecule has 1 fully saturated rings. The van der Waals surface area contributed by atoms with Crippen molar-refractivity contribution in [2.75, 3.05) is 26.7 Å². The summed E-state index contributed by atoms with van der Waals surface area (Å²) in [5.74, 6) is -0.265. The molecule has 0 radical (unpaired) electrons. The quantitative estimate of drug-likeness (QED) is 0.674. The third-order valence-corrected chi connectivity index (χ3v) is 5.89. The summed E-state index contributed by atoms with van der Waals surface area (Å²) < 4.78 is 13.1. The van der Waals surface area contributed by atoms with Crippen LogP contribution in [0.5, 0.6) is 0 Å². The highest BCUT2D eigenvalue weighted by Crippen LogP contribution is 2.25. The van der Waals surface area contributed by atoms with Gasteiger partial charge in [0.15, 0.2) is 0 Å². The number of H-pyrrole nitrogens is 1. The van der Waals surface area contributed by atoms with E-state index in [1.165, 1.54) is 12.1 Å². The Bertz CT molecular complexity index is 984. The molecule has 2 heterocycles. The number of halogens is 1. The molecular weight excluding hydrogens is 381 g/mol. The van der Waals surface area contributed by atoms with E-state index >= 15 is 0 Å². The van der Waals surface area contributed by atoms with Crippen LogP contribution in [-0.2, 0) is 6.54 Å². The van der Waals surface area contributed by atoms with E-state index in [9.17, 15) is 14.3 Å². The van der Waals surface area contributed by atoms with E-state index in [0.717, 1.165) is 22.9 Å². The number of likely N-dealkylation sites (tertiary alicyclic amines) is 1. The lowest BCUT2D eigenvalue weighted by Gasteiger charge is -2.31. The minimum Gasteiger partial charge on any atom is -0.388 e. The molecule has 0 aliphatic carbocycles. The maximum atomic E-state index is 13.1. The molecule has 6 heteroatoms. The van der Waals surface area contributed by atoms with Gasteiger partial charge in [-0.1, -0.05) is 30.3 Å². The van der Waals surface area contributed by atoms with Crippen molar-refractivity contribution in [3.05, 3.63) is 71.7 Å². The Hall–Kier alpha value is -2.70. The molecule has 1 aliphatic rings. The largest absolute Gasteiger partial charge is 0.388 e. The highest BCUT2D eigenvalue weighted by atomic mass is 19.1. The maximum absolute atomic E-state index is 13.1. The summed E-state index contributed by atoms with van der Waals surface area (Å²) in [4.78, 5) is 20.1. The number of carbonyl (C=O) groups is 1. The summed E-state index contributed by atoms with van der Waals surface area (Å²) >= 11 is 0. The zero-order valence-corrected chi connectivity index (χ0v) is 17.3. The third kappa shape index (κ3) is 4.71. The van der Waals surface area contributed by atoms with Crippen molar-refractivity contribution in [2.24, 2.45) is 0 Å². The summed E-state index contributed by atoms with van der Waals surface area (Å²) in [6.07, 6.45) is 1.94. The van der Waals surface area contributed by atoms with Crippen molar-refractivity contribution >= 4 is 16.8 Å². The standard InChI is InChI=1S/C24H28FN3O2/c1-27(16-18-7-9-20(25)10-8-18)17-24(30)11-4-13-28(14-12-24)23(29)22-15-19-5-2-3-6-21(19)26-22/h2-3,5-10,15,26,30H,4,11-14,16-17H2,1H3/t24-/m0/s1. The molecule has 0 spiro atoms. The van der Waals surface area contributed by atoms with Gasteiger partial charge in [-0.2, -0.15) is 0 Å². The number of carbonyl (C=O) groups excluding carboxylic acids is 1. The number of hydrogen-bond acceptors (Lipinski definition) is 3. The number of aromatic amines is 1. The number of likely N-dealkylation sites (N-methyl/N-ethyl adjacent to an activating group) is 1. The van der Waals surface area contributed by atoms with Gasteiger partial charge in [0.05, 0.1) is 5.60 Å². The molecule has 30 heavy (non-hydrogen) atoms. The maximum Gasteiger partial charge on any atom is 0.270 e. The number of rotatable bonds is 5. The molecule has 5 nitrogen and oxygen atoms in total. The molecule has 158 valence electrons. The van der Waals surface area contributed by atoms with Gasteiger partial charge < -0.3 is 15.0 Å². The number of aromatic nitrogens is 1. The van der Waals surface area contributed by atoms with Gasteiger partial charge in [-0.3, -0.25) is 9.69 Å². The van der Waals surface area contributed by atoms with Crippen LogP contribution in [0.1, 0.15) is 35.3 Å². The van der Waals surface area contributed by atoms with Gasteiger partial charge in [0.25, 0.3) is 5.91 Å². The number of nitrogens with one attached hydrogen (secondary N) is 1. The SMILES string of the molecule is CN(Cc1ccc(F)cc1)C[C@]1(O)CCCN(C(=O)c2cc3ccccc3[nH]2)CC1. The molecule has 2 N–H and O–H groups in total. The first-order valence-electron chi connectivity index (χ1n) is 10.4. The topological polar surface area (TPSA) is 59.6 Å². The van der Waals surface area contributed by atoms with Gasteiger partial charge in [-0.05, 0) is 56.1 Å². The predicted molar refractivity (Wildman–Crippen MR) is 116 cm³/mol. The number of benzene rings is 2. The van der Waals surface area contributed by atoms with E-state index in [1.807, 2.05) is 42.3 Å². The van der Waals surface area contributed by atoms with Crippen molar-refractivity contribution < 1.29 is 14.3 Å². The highest BCUT2D eigenvalue weighted by Gasteiger charge is 2.33. The van der Waals surface area contributed by atoms with E-state index in [1.54, 1.807) is 12.1 Å². The van der Waals surface area contributed by atoms with Gasteiger partial charge in [-0.25, -0.2) is 4.39 Å². The second-order valence-corrected chi connectivity index (χ2v) is 8.44. The fourth-order valence-corrected chi connectivity index (χ4v) is 4.36. The molecule has 2 aromatic carbocycles. The Morgan fingerprint density at radius 1 is 1.17 bits per heavy atom. The smallest absolute Gasteiger partial charge is 0.270 e. The van der Waals surface area contributed by atoms with Gasteiger partial charge >= 0.3 is 0 Å². The predicted octanol–water partition coefficient (Wildman–Crippen LogP) is 3.80. The van der Waals surface area contributed by atoms with Crippen LogP contribution < -0.4 is 0 Å². The van der Waals surface area contributed by atoms with E-state index < -0.39 is 5.60 Å². The number of nitrogens with zero attached hydrogens (tertiary/aromatic N) is 2. The molecule has 3 aromatic rings. The van der Waals surface area contributed by atoms with Crippen LogP contribution in [0, 0.1) is 5.82 Å². The van der Waals surface area contributed by atoms with Crippen LogP contribution in [0.15, 0.2) is 54.6 Å². The Balaban J connectivity index is 1.37. The Morgan fingerprint density at radius 2 is 1.93 bits per heavy atom. The van der Waals surface area contributed by atoms with Crippen molar-refractivity contribution in [1.29, 1.82) is 0 Å². The molecule has 1 saturated heterocycles. The van der Waals surface area contributed by atoms with Crippen LogP contribution in [0.4, 0.5) is 4.39 Å². The van der Waals surface area contributed by atoms with E-state index in [4.69, 9.17) is 0 Å². The van der Waals surface area contributed by atoms with Gasteiger partial charge in [0.2, 0.25) is 0 Å². The summed E-state index contributed by atoms with van der Waals surface area (Å²) in [6, 6.07) is 16.2.